The predicted molar refractivity (Wildman–Crippen MR) is 199 cm³/mol. The molecule has 1 N–H and O–H groups in total. The fourth-order valence-corrected chi connectivity index (χ4v) is 13.7. The lowest BCUT2D eigenvalue weighted by Crippen LogP contribution is -2.20. The van der Waals surface area contributed by atoms with Crippen LogP contribution in [0, 0.1) is 0 Å². The lowest BCUT2D eigenvalue weighted by molar-refractivity contribution is 0.381. The van der Waals surface area contributed by atoms with Gasteiger partial charge in [0.15, 0.2) is 0 Å². The Labute approximate surface area is 290 Å². The van der Waals surface area contributed by atoms with Crippen molar-refractivity contribution in [2.75, 3.05) is 6.26 Å². The first-order valence-electron chi connectivity index (χ1n) is 18.5. The third kappa shape index (κ3) is 6.80. The minimum atomic E-state index is -4.39. The molecule has 4 aromatic carbocycles. The normalized spacial score (nSPS) is 22.0. The lowest BCUT2D eigenvalue weighted by atomic mass is 9.72. The van der Waals surface area contributed by atoms with Gasteiger partial charge in [0.2, 0.25) is 0 Å². The largest absolute Gasteiger partial charge is 0.295 e. The van der Waals surface area contributed by atoms with Crippen LogP contribution in [0.2, 0.25) is 0 Å². The topological polar surface area (TPSA) is 54.4 Å². The maximum atomic E-state index is 13.5. The highest BCUT2D eigenvalue weighted by atomic mass is 32.3. The Morgan fingerprint density at radius 1 is 0.521 bits per heavy atom. The maximum Gasteiger partial charge on any atom is 0.295 e. The van der Waals surface area contributed by atoms with Crippen LogP contribution in [-0.2, 0) is 10.1 Å². The molecular formula is C43H52O3S2. The van der Waals surface area contributed by atoms with Crippen molar-refractivity contribution < 1.29 is 13.0 Å². The third-order valence-electron chi connectivity index (χ3n) is 11.9. The molecule has 2 atom stereocenters. The van der Waals surface area contributed by atoms with Crippen LogP contribution < -0.4 is 0 Å². The minimum Gasteiger partial charge on any atom is -0.282 e. The molecule has 0 spiro atoms. The second-order valence-corrected chi connectivity index (χ2v) is 19.4. The van der Waals surface area contributed by atoms with Crippen LogP contribution in [0.25, 0.3) is 0 Å². The standard InChI is InChI=1S/C43H52O3S2/c1-47(37-23-10-4-11-24-37,38-25-12-5-13-26-38)42-28-15-14-27-39(42)34-21-16-22-35(29-34)41-31-36(32-17-6-2-7-18-32)30-40(43(41)48(44,45)46)33-19-8-3-9-20-33/h4-5,10-15,23-28,30-35H,2-3,6-9,16-22,29H2,1H3,(H,44,45,46). The Bertz CT molecular complexity index is 1750. The Morgan fingerprint density at radius 2 is 0.979 bits per heavy atom. The summed E-state index contributed by atoms with van der Waals surface area (Å²) in [6, 6.07) is 35.5. The summed E-state index contributed by atoms with van der Waals surface area (Å²) in [6.45, 7) is 0. The van der Waals surface area contributed by atoms with Gasteiger partial charge < -0.3 is 0 Å². The van der Waals surface area contributed by atoms with Crippen molar-refractivity contribution in [1.82, 2.24) is 0 Å². The van der Waals surface area contributed by atoms with Gasteiger partial charge in [0, 0.05) is 4.90 Å². The average molecular weight is 681 g/mol. The van der Waals surface area contributed by atoms with E-state index in [-0.39, 0.29) is 16.7 Å². The first kappa shape index (κ1) is 33.6. The van der Waals surface area contributed by atoms with E-state index in [0.29, 0.717) is 11.8 Å². The van der Waals surface area contributed by atoms with Gasteiger partial charge in [0.1, 0.15) is 4.90 Å². The molecule has 0 radical (unpaired) electrons. The van der Waals surface area contributed by atoms with E-state index in [4.69, 9.17) is 0 Å². The molecule has 0 saturated heterocycles. The van der Waals surface area contributed by atoms with E-state index >= 15 is 0 Å². The Kier molecular flexibility index (Phi) is 10.2. The van der Waals surface area contributed by atoms with Crippen molar-refractivity contribution in [3.8, 4) is 0 Å². The average Bonchev–Trinajstić information content (AvgIpc) is 3.15. The van der Waals surface area contributed by atoms with Crippen molar-refractivity contribution in [2.24, 2.45) is 0 Å². The quantitative estimate of drug-likeness (QED) is 0.188. The van der Waals surface area contributed by atoms with Crippen molar-refractivity contribution >= 4 is 20.1 Å². The molecule has 0 heterocycles. The summed E-state index contributed by atoms with van der Waals surface area (Å²) in [7, 11) is -5.94. The zero-order valence-electron chi connectivity index (χ0n) is 28.5. The van der Waals surface area contributed by atoms with E-state index < -0.39 is 20.1 Å². The predicted octanol–water partition coefficient (Wildman–Crippen LogP) is 12.4. The molecule has 254 valence electrons. The molecule has 48 heavy (non-hydrogen) atoms. The van der Waals surface area contributed by atoms with Gasteiger partial charge in [-0.15, -0.1) is 0 Å². The summed E-state index contributed by atoms with van der Waals surface area (Å²) >= 11 is 0. The van der Waals surface area contributed by atoms with Gasteiger partial charge >= 0.3 is 0 Å². The number of hydrogen-bond acceptors (Lipinski definition) is 2. The van der Waals surface area contributed by atoms with Crippen molar-refractivity contribution in [1.29, 1.82) is 0 Å². The molecule has 0 amide bonds. The van der Waals surface area contributed by atoms with Gasteiger partial charge in [-0.3, -0.25) is 4.55 Å². The van der Waals surface area contributed by atoms with Crippen LogP contribution in [0.4, 0.5) is 0 Å². The first-order valence-corrected chi connectivity index (χ1v) is 21.9. The van der Waals surface area contributed by atoms with Crippen molar-refractivity contribution in [3.05, 3.63) is 119 Å². The van der Waals surface area contributed by atoms with E-state index in [9.17, 15) is 13.0 Å². The highest BCUT2D eigenvalue weighted by Gasteiger charge is 2.36. The smallest absolute Gasteiger partial charge is 0.282 e. The number of rotatable bonds is 8. The molecule has 3 aliphatic carbocycles. The molecule has 5 heteroatoms. The van der Waals surface area contributed by atoms with Crippen LogP contribution in [0.5, 0.6) is 0 Å². The summed E-state index contributed by atoms with van der Waals surface area (Å²) in [6.07, 6.45) is 18.1. The molecule has 2 unspecified atom stereocenters. The van der Waals surface area contributed by atoms with E-state index in [2.05, 4.69) is 103 Å². The van der Waals surface area contributed by atoms with Gasteiger partial charge in [-0.25, -0.2) is 0 Å². The van der Waals surface area contributed by atoms with Crippen molar-refractivity contribution in [3.63, 3.8) is 0 Å². The van der Waals surface area contributed by atoms with E-state index in [1.54, 1.807) is 0 Å². The molecule has 3 nitrogen and oxygen atoms in total. The fraction of sp³-hybridized carbons (Fsp3) is 0.442. The van der Waals surface area contributed by atoms with E-state index in [0.717, 1.165) is 62.5 Å². The maximum absolute atomic E-state index is 13.5. The lowest BCUT2D eigenvalue weighted by Gasteiger charge is -2.41. The molecule has 7 rings (SSSR count). The van der Waals surface area contributed by atoms with Crippen LogP contribution in [-0.4, -0.2) is 19.2 Å². The van der Waals surface area contributed by atoms with Gasteiger partial charge in [0.25, 0.3) is 10.1 Å². The van der Waals surface area contributed by atoms with Crippen LogP contribution in [0.15, 0.2) is 117 Å². The second kappa shape index (κ2) is 14.5. The fourth-order valence-electron chi connectivity index (χ4n) is 9.41. The molecule has 0 aromatic heterocycles. The summed E-state index contributed by atoms with van der Waals surface area (Å²) in [5.74, 6) is 1.09. The SMILES string of the molecule is CS(c1ccccc1)(c1ccccc1)c1ccccc1C1CCCC(c2cc(C3CCCCC3)cc(C3CCCCC3)c2S(=O)(=O)O)C1. The summed E-state index contributed by atoms with van der Waals surface area (Å²) in [5.41, 5.74) is 4.55. The number of benzene rings is 4. The molecule has 3 saturated carbocycles. The third-order valence-corrected chi connectivity index (χ3v) is 16.6. The number of hydrogen-bond donors (Lipinski definition) is 1. The van der Waals surface area contributed by atoms with Gasteiger partial charge in [-0.2, -0.15) is 18.4 Å². The van der Waals surface area contributed by atoms with Crippen LogP contribution in [0.3, 0.4) is 0 Å². The highest BCUT2D eigenvalue weighted by molar-refractivity contribution is 8.33. The van der Waals surface area contributed by atoms with Crippen LogP contribution >= 0.6 is 10.0 Å². The molecule has 3 fully saturated rings. The second-order valence-electron chi connectivity index (χ2n) is 14.8. The van der Waals surface area contributed by atoms with Crippen molar-refractivity contribution in [2.45, 2.75) is 133 Å². The molecule has 3 aliphatic rings. The zero-order valence-corrected chi connectivity index (χ0v) is 30.2. The monoisotopic (exact) mass is 680 g/mol. The molecule has 0 bridgehead atoms. The van der Waals surface area contributed by atoms with E-state index in [1.165, 1.54) is 64.3 Å². The van der Waals surface area contributed by atoms with Crippen LogP contribution in [0.1, 0.15) is 136 Å². The Balaban J connectivity index is 1.33. The summed E-state index contributed by atoms with van der Waals surface area (Å²) < 4.78 is 37.9. The zero-order chi connectivity index (χ0) is 33.1. The summed E-state index contributed by atoms with van der Waals surface area (Å²) in [4.78, 5) is 4.36. The summed E-state index contributed by atoms with van der Waals surface area (Å²) in [5, 5.41) is 0. The molecular weight excluding hydrogens is 629 g/mol. The van der Waals surface area contributed by atoms with Gasteiger partial charge in [-0.05, 0) is 137 Å². The Morgan fingerprint density at radius 3 is 1.54 bits per heavy atom. The molecule has 0 aliphatic heterocycles. The van der Waals surface area contributed by atoms with Gasteiger partial charge in [-0.1, -0.05) is 112 Å². The van der Waals surface area contributed by atoms with Gasteiger partial charge in [0.05, 0.1) is 0 Å². The Hall–Kier alpha value is -2.86. The van der Waals surface area contributed by atoms with E-state index in [1.807, 2.05) is 0 Å². The first-order chi connectivity index (χ1) is 23.3. The highest BCUT2D eigenvalue weighted by Crippen LogP contribution is 2.67. The minimum absolute atomic E-state index is 0.0920. The molecule has 4 aromatic rings.